The molecule has 1 amide bonds. The highest BCUT2D eigenvalue weighted by atomic mass is 32.1. The van der Waals surface area contributed by atoms with Crippen LogP contribution in [0.15, 0.2) is 60.5 Å². The van der Waals surface area contributed by atoms with Gasteiger partial charge in [0.1, 0.15) is 28.3 Å². The molecule has 0 radical (unpaired) electrons. The Morgan fingerprint density at radius 1 is 1.00 bits per heavy atom. The van der Waals surface area contributed by atoms with Crippen LogP contribution in [0.5, 0.6) is 23.0 Å². The summed E-state index contributed by atoms with van der Waals surface area (Å²) in [6, 6.07) is 4.80. The van der Waals surface area contributed by atoms with Gasteiger partial charge in [-0.15, -0.1) is 0 Å². The van der Waals surface area contributed by atoms with E-state index in [2.05, 4.69) is 10.3 Å². The van der Waals surface area contributed by atoms with Crippen molar-refractivity contribution in [1.82, 2.24) is 4.98 Å². The standard InChI is InChI=1S/C37H47NO12.C8H10N2S/c1-16-11-10-12-17(2)36(46)38-23-15-24(40)26-27(32(23)44)31(43)21(6)34-28(26)35(45)37(8,50-34)48-14-13-25(47-9)18(3)33(49-22(7)39)20(5)30(42)19(4)29(16)41;1-2-7-5-6(8(9)11)3-4-10-7/h10-16,18-20,25,29-30,33,40-44H,1-9H3,(H,38,46);3-5H,2H2,1H3,(H2,9,11)/b11-10+,14-13+,17-12-;/t16-,18-,19-,20-,25+,29+,30-,33-,37+;/m1./s1. The normalized spacial score (nSPS) is 29.0. The van der Waals surface area contributed by atoms with Crippen molar-refractivity contribution in [2.45, 2.75) is 98.9 Å². The van der Waals surface area contributed by atoms with Crippen LogP contribution in [0.3, 0.4) is 0 Å². The fraction of sp³-hybridized carbons (Fsp3) is 0.444. The predicted molar refractivity (Wildman–Crippen MR) is 233 cm³/mol. The highest BCUT2D eigenvalue weighted by Crippen LogP contribution is 2.53. The Balaban J connectivity index is 0.000000645. The summed E-state index contributed by atoms with van der Waals surface area (Å²) >= 11 is 4.82. The van der Waals surface area contributed by atoms with E-state index in [9.17, 15) is 39.9 Å². The molecule has 0 unspecified atom stereocenters. The van der Waals surface area contributed by atoms with Crippen LogP contribution in [0.1, 0.15) is 82.6 Å². The second-order valence-corrected chi connectivity index (χ2v) is 16.1. The number of hydrogen-bond donors (Lipinski definition) is 7. The summed E-state index contributed by atoms with van der Waals surface area (Å²) in [5.41, 5.74) is 7.27. The van der Waals surface area contributed by atoms with Crippen LogP contribution in [0.25, 0.3) is 10.8 Å². The van der Waals surface area contributed by atoms with E-state index < -0.39 is 88.8 Å². The number of phenols is 3. The number of rotatable bonds is 4. The van der Waals surface area contributed by atoms with E-state index in [-0.39, 0.29) is 38.9 Å². The maximum absolute atomic E-state index is 13.9. The molecule has 5 bridgehead atoms. The highest BCUT2D eigenvalue weighted by molar-refractivity contribution is 7.80. The molecule has 1 aromatic heterocycles. The van der Waals surface area contributed by atoms with Crippen molar-refractivity contribution in [3.8, 4) is 23.0 Å². The number of ketones is 1. The Bertz CT molecular complexity index is 2260. The fourth-order valence-corrected chi connectivity index (χ4v) is 7.60. The Hall–Kier alpha value is -5.55. The van der Waals surface area contributed by atoms with Crippen LogP contribution in [-0.2, 0) is 30.2 Å². The minimum atomic E-state index is -1.98. The summed E-state index contributed by atoms with van der Waals surface area (Å²) in [5.74, 6) is -7.99. The molecule has 0 spiro atoms. The van der Waals surface area contributed by atoms with Gasteiger partial charge in [0.2, 0.25) is 0 Å². The topological polar surface area (TPSA) is 240 Å². The van der Waals surface area contributed by atoms with Crippen molar-refractivity contribution in [1.29, 1.82) is 0 Å². The van der Waals surface area contributed by atoms with E-state index in [0.717, 1.165) is 23.7 Å². The van der Waals surface area contributed by atoms with Gasteiger partial charge in [-0.2, -0.15) is 0 Å². The molecule has 4 heterocycles. The Morgan fingerprint density at radius 3 is 2.28 bits per heavy atom. The molecule has 0 aliphatic carbocycles. The minimum Gasteiger partial charge on any atom is -0.507 e. The number of Topliss-reactive ketones (excluding diaryl/α,β-unsaturated/α-hetero) is 1. The largest absolute Gasteiger partial charge is 0.507 e. The van der Waals surface area contributed by atoms with Gasteiger partial charge >= 0.3 is 11.8 Å². The number of ether oxygens (including phenoxy) is 4. The average Bonchev–Trinajstić information content (AvgIpc) is 3.49. The van der Waals surface area contributed by atoms with Crippen LogP contribution < -0.4 is 15.8 Å². The smallest absolute Gasteiger partial charge is 0.312 e. The van der Waals surface area contributed by atoms with E-state index in [1.54, 1.807) is 46.0 Å². The summed E-state index contributed by atoms with van der Waals surface area (Å²) in [5, 5.41) is 58.2. The number of nitrogens with two attached hydrogens (primary N) is 1. The summed E-state index contributed by atoms with van der Waals surface area (Å²) in [7, 11) is 1.43. The van der Waals surface area contributed by atoms with E-state index in [1.807, 2.05) is 19.1 Å². The van der Waals surface area contributed by atoms with Gasteiger partial charge in [0, 0.05) is 84.7 Å². The third-order valence-electron chi connectivity index (χ3n) is 11.3. The summed E-state index contributed by atoms with van der Waals surface area (Å²) < 4.78 is 23.2. The molecule has 0 fully saturated rings. The van der Waals surface area contributed by atoms with Crippen molar-refractivity contribution < 1.29 is 58.9 Å². The van der Waals surface area contributed by atoms with Gasteiger partial charge in [-0.05, 0) is 38.5 Å². The summed E-state index contributed by atoms with van der Waals surface area (Å²) in [6.07, 6.45) is 6.26. The predicted octanol–water partition coefficient (Wildman–Crippen LogP) is 6.03. The number of allylic oxidation sites excluding steroid dienone is 2. The lowest BCUT2D eigenvalue weighted by Gasteiger charge is -2.38. The number of thiocarbonyl (C=S) groups is 1. The number of phenolic OH excluding ortho intramolecular Hbond substituents is 3. The first-order chi connectivity index (χ1) is 28.6. The van der Waals surface area contributed by atoms with E-state index >= 15 is 0 Å². The third kappa shape index (κ3) is 10.3. The molecule has 61 heavy (non-hydrogen) atoms. The number of esters is 1. The van der Waals surface area contributed by atoms with Gasteiger partial charge in [0.05, 0.1) is 41.2 Å². The lowest BCUT2D eigenvalue weighted by atomic mass is 9.78. The van der Waals surface area contributed by atoms with Crippen LogP contribution in [0.4, 0.5) is 5.69 Å². The van der Waals surface area contributed by atoms with E-state index in [1.165, 1.54) is 53.2 Å². The number of nitrogens with zero attached hydrogens (tertiary/aromatic N) is 1. The van der Waals surface area contributed by atoms with Gasteiger partial charge in [-0.1, -0.05) is 65.1 Å². The third-order valence-corrected chi connectivity index (χ3v) is 11.5. The fourth-order valence-electron chi connectivity index (χ4n) is 7.47. The second-order valence-electron chi connectivity index (χ2n) is 15.7. The molecule has 0 saturated carbocycles. The van der Waals surface area contributed by atoms with Gasteiger partial charge in [-0.25, -0.2) is 0 Å². The Labute approximate surface area is 360 Å². The maximum Gasteiger partial charge on any atom is 0.312 e. The molecule has 0 saturated heterocycles. The zero-order chi connectivity index (χ0) is 45.7. The van der Waals surface area contributed by atoms with Crippen molar-refractivity contribution in [2.75, 3.05) is 12.4 Å². The number of aryl methyl sites for hydroxylation is 1. The van der Waals surface area contributed by atoms with E-state index in [0.29, 0.717) is 4.99 Å². The number of aliphatic hydroxyl groups is 2. The highest BCUT2D eigenvalue weighted by Gasteiger charge is 2.49. The molecular formula is C45H57N3O12S. The van der Waals surface area contributed by atoms with Gasteiger partial charge in [0.15, 0.2) is 5.75 Å². The lowest BCUT2D eigenvalue weighted by molar-refractivity contribution is -0.160. The van der Waals surface area contributed by atoms with Crippen molar-refractivity contribution in [2.24, 2.45) is 29.4 Å². The van der Waals surface area contributed by atoms with Gasteiger partial charge < -0.3 is 55.5 Å². The number of nitrogens with one attached hydrogen (secondary N) is 1. The number of methoxy groups -OCH3 is 1. The molecule has 16 heteroatoms. The minimum absolute atomic E-state index is 0.0709. The van der Waals surface area contributed by atoms with Crippen LogP contribution in [0.2, 0.25) is 0 Å². The molecule has 3 aliphatic heterocycles. The van der Waals surface area contributed by atoms with Crippen LogP contribution >= 0.6 is 12.2 Å². The molecule has 330 valence electrons. The number of carbonyl (C=O) groups is 3. The number of fused-ring (bicyclic) bond motifs is 14. The monoisotopic (exact) mass is 863 g/mol. The second kappa shape index (κ2) is 19.9. The number of hydrogen-bond acceptors (Lipinski definition) is 14. The van der Waals surface area contributed by atoms with Crippen molar-refractivity contribution in [3.63, 3.8) is 0 Å². The number of amides is 1. The quantitative estimate of drug-likeness (QED) is 0.0686. The summed E-state index contributed by atoms with van der Waals surface area (Å²) in [6.45, 7) is 14.5. The number of benzene rings is 2. The molecule has 3 aliphatic rings. The molecule has 8 N–H and O–H groups in total. The first-order valence-electron chi connectivity index (χ1n) is 19.9. The molecule has 3 aromatic rings. The molecule has 6 rings (SSSR count). The van der Waals surface area contributed by atoms with Crippen LogP contribution in [0, 0.1) is 30.6 Å². The van der Waals surface area contributed by atoms with E-state index in [4.69, 9.17) is 36.9 Å². The number of carbonyl (C=O) groups excluding carboxylic acids is 3. The SMILES string of the molecule is CCc1cc(C(N)=S)ccn1.CO[C@H]1/C=C/O[C@@]2(C)Oc3c(C)c(O)c4c(O)c(cc(O)c4c3C2=O)NC(=O)/C(C)=C\C=C\[C@@H](C)[C@H](O)[C@@H](C)[C@@H](O)[C@@H](C)[C@H](OC(C)=O)[C@@H]1C. The first kappa shape index (κ1) is 48.1. The molecule has 9 atom stereocenters. The molecule has 15 nitrogen and oxygen atoms in total. The Morgan fingerprint density at radius 2 is 1.67 bits per heavy atom. The molecule has 2 aromatic carbocycles. The first-order valence-corrected chi connectivity index (χ1v) is 20.3. The zero-order valence-electron chi connectivity index (χ0n) is 36.0. The number of anilines is 1. The number of pyridine rings is 1. The van der Waals surface area contributed by atoms with Gasteiger partial charge in [-0.3, -0.25) is 19.4 Å². The van der Waals surface area contributed by atoms with Crippen LogP contribution in [-0.4, -0.2) is 90.5 Å². The zero-order valence-corrected chi connectivity index (χ0v) is 36.9. The Kier molecular flexibility index (Phi) is 15.7. The maximum atomic E-state index is 13.9. The van der Waals surface area contributed by atoms with Gasteiger partial charge in [0.25, 0.3) is 11.7 Å². The van der Waals surface area contributed by atoms with Crippen molar-refractivity contribution in [3.05, 3.63) is 82.9 Å². The lowest BCUT2D eigenvalue weighted by Crippen LogP contribution is -2.46. The number of aromatic hydroxyl groups is 3. The van der Waals surface area contributed by atoms with Crippen molar-refractivity contribution >= 4 is 51.3 Å². The number of aliphatic hydroxyl groups excluding tert-OH is 2. The average molecular weight is 864 g/mol. The summed E-state index contributed by atoms with van der Waals surface area (Å²) in [4.78, 5) is 43.8. The number of aromatic nitrogens is 1. The molecular weight excluding hydrogens is 807 g/mol.